The molecule has 1 rings (SSSR count). The Bertz CT molecular complexity index is 221. The van der Waals surface area contributed by atoms with Crippen LogP contribution >= 0.6 is 0 Å². The summed E-state index contributed by atoms with van der Waals surface area (Å²) in [6.07, 6.45) is 4.29. The van der Waals surface area contributed by atoms with Gasteiger partial charge in [-0.25, -0.2) is 0 Å². The van der Waals surface area contributed by atoms with Crippen molar-refractivity contribution in [1.82, 2.24) is 5.32 Å². The van der Waals surface area contributed by atoms with Gasteiger partial charge in [0, 0.05) is 7.11 Å². The molecule has 14 heavy (non-hydrogen) atoms. The molecule has 0 saturated heterocycles. The summed E-state index contributed by atoms with van der Waals surface area (Å²) >= 11 is 0. The molecule has 0 radical (unpaired) electrons. The molecule has 80 valence electrons. The fourth-order valence-electron chi connectivity index (χ4n) is 1.26. The average molecular weight is 197 g/mol. The second-order valence-corrected chi connectivity index (χ2v) is 3.44. The Kier molecular flexibility index (Phi) is 5.33. The fraction of sp³-hybridized carbons (Fsp3) is 0.636. The van der Waals surface area contributed by atoms with Crippen molar-refractivity contribution in [2.45, 2.75) is 32.4 Å². The molecule has 1 aromatic heterocycles. The quantitative estimate of drug-likeness (QED) is 0.680. The number of furan rings is 1. The van der Waals surface area contributed by atoms with Crippen molar-refractivity contribution in [2.75, 3.05) is 13.7 Å². The summed E-state index contributed by atoms with van der Waals surface area (Å²) in [7, 11) is 1.75. The lowest BCUT2D eigenvalue weighted by atomic mass is 10.2. The first-order chi connectivity index (χ1) is 6.83. The largest absolute Gasteiger partial charge is 0.468 e. The minimum atomic E-state index is 0.361. The van der Waals surface area contributed by atoms with Gasteiger partial charge in [0.1, 0.15) is 5.76 Å². The molecule has 3 heteroatoms. The van der Waals surface area contributed by atoms with Gasteiger partial charge < -0.3 is 14.5 Å². The highest BCUT2D eigenvalue weighted by Gasteiger charge is 1.98. The maximum absolute atomic E-state index is 5.20. The lowest BCUT2D eigenvalue weighted by Gasteiger charge is -2.08. The predicted octanol–water partition coefficient (Wildman–Crippen LogP) is 2.18. The Morgan fingerprint density at radius 3 is 3.07 bits per heavy atom. The van der Waals surface area contributed by atoms with Gasteiger partial charge in [-0.05, 0) is 38.4 Å². The third kappa shape index (κ3) is 4.44. The minimum Gasteiger partial charge on any atom is -0.468 e. The third-order valence-corrected chi connectivity index (χ3v) is 2.25. The lowest BCUT2D eigenvalue weighted by Crippen LogP contribution is -2.16. The van der Waals surface area contributed by atoms with E-state index in [1.54, 1.807) is 13.4 Å². The van der Waals surface area contributed by atoms with Crippen LogP contribution < -0.4 is 5.32 Å². The van der Waals surface area contributed by atoms with E-state index in [4.69, 9.17) is 9.15 Å². The van der Waals surface area contributed by atoms with E-state index < -0.39 is 0 Å². The van der Waals surface area contributed by atoms with Crippen LogP contribution in [0.3, 0.4) is 0 Å². The van der Waals surface area contributed by atoms with E-state index in [-0.39, 0.29) is 0 Å². The molecular weight excluding hydrogens is 178 g/mol. The van der Waals surface area contributed by atoms with Crippen molar-refractivity contribution in [3.8, 4) is 0 Å². The van der Waals surface area contributed by atoms with Gasteiger partial charge >= 0.3 is 0 Å². The molecule has 0 amide bonds. The molecular formula is C11H19NO2. The molecule has 1 N–H and O–H groups in total. The summed E-state index contributed by atoms with van der Waals surface area (Å²) < 4.78 is 10.4. The van der Waals surface area contributed by atoms with Gasteiger partial charge in [0.25, 0.3) is 0 Å². The zero-order chi connectivity index (χ0) is 10.2. The topological polar surface area (TPSA) is 34.4 Å². The number of ether oxygens (including phenoxy) is 1. The number of nitrogens with one attached hydrogen (secondary N) is 1. The zero-order valence-electron chi connectivity index (χ0n) is 8.95. The molecule has 1 aromatic rings. The van der Waals surface area contributed by atoms with Gasteiger partial charge in [0.05, 0.1) is 18.9 Å². The molecule has 1 atom stereocenters. The summed E-state index contributed by atoms with van der Waals surface area (Å²) in [6.45, 7) is 3.91. The van der Waals surface area contributed by atoms with Gasteiger partial charge in [-0.1, -0.05) is 0 Å². The minimum absolute atomic E-state index is 0.361. The summed E-state index contributed by atoms with van der Waals surface area (Å²) in [5.41, 5.74) is 0. The third-order valence-electron chi connectivity index (χ3n) is 2.25. The van der Waals surface area contributed by atoms with Crippen molar-refractivity contribution in [1.29, 1.82) is 0 Å². The molecule has 1 heterocycles. The van der Waals surface area contributed by atoms with Gasteiger partial charge in [0.2, 0.25) is 0 Å². The van der Waals surface area contributed by atoms with Crippen molar-refractivity contribution < 1.29 is 9.15 Å². The Morgan fingerprint density at radius 2 is 2.43 bits per heavy atom. The van der Waals surface area contributed by atoms with Gasteiger partial charge in [-0.15, -0.1) is 0 Å². The van der Waals surface area contributed by atoms with Crippen LogP contribution in [-0.2, 0) is 11.3 Å². The Hall–Kier alpha value is -0.800. The van der Waals surface area contributed by atoms with E-state index in [0.717, 1.165) is 31.7 Å². The van der Waals surface area contributed by atoms with Crippen molar-refractivity contribution >= 4 is 0 Å². The van der Waals surface area contributed by atoms with E-state index in [9.17, 15) is 0 Å². The van der Waals surface area contributed by atoms with E-state index in [2.05, 4.69) is 12.2 Å². The number of rotatable bonds is 7. The average Bonchev–Trinajstić information content (AvgIpc) is 2.69. The summed E-state index contributed by atoms with van der Waals surface area (Å²) in [5.74, 6) is 0.991. The first-order valence-corrected chi connectivity index (χ1v) is 5.09. The molecule has 0 spiro atoms. The SMILES string of the molecule is COC(C)CCCNCc1ccco1. The van der Waals surface area contributed by atoms with Crippen LogP contribution in [0.15, 0.2) is 22.8 Å². The van der Waals surface area contributed by atoms with Crippen LogP contribution in [0, 0.1) is 0 Å². The Labute approximate surface area is 85.4 Å². The molecule has 3 nitrogen and oxygen atoms in total. The van der Waals surface area contributed by atoms with Crippen LogP contribution in [0.5, 0.6) is 0 Å². The fourth-order valence-corrected chi connectivity index (χ4v) is 1.26. The van der Waals surface area contributed by atoms with Crippen molar-refractivity contribution in [2.24, 2.45) is 0 Å². The number of hydrogen-bond donors (Lipinski definition) is 1. The first-order valence-electron chi connectivity index (χ1n) is 5.09. The summed E-state index contributed by atoms with van der Waals surface area (Å²) in [6, 6.07) is 3.88. The van der Waals surface area contributed by atoms with E-state index in [1.807, 2.05) is 12.1 Å². The molecule has 0 aromatic carbocycles. The second kappa shape index (κ2) is 6.62. The van der Waals surface area contributed by atoms with Crippen molar-refractivity contribution in [3.05, 3.63) is 24.2 Å². The summed E-state index contributed by atoms with van der Waals surface area (Å²) in [5, 5.41) is 3.32. The van der Waals surface area contributed by atoms with E-state index >= 15 is 0 Å². The van der Waals surface area contributed by atoms with Crippen LogP contribution in [0.4, 0.5) is 0 Å². The molecule has 0 aliphatic heterocycles. The molecule has 0 saturated carbocycles. The Morgan fingerprint density at radius 1 is 1.57 bits per heavy atom. The maximum atomic E-state index is 5.20. The molecule has 0 aliphatic carbocycles. The molecule has 1 unspecified atom stereocenters. The van der Waals surface area contributed by atoms with Crippen LogP contribution in [0.2, 0.25) is 0 Å². The normalized spacial score (nSPS) is 13.0. The van der Waals surface area contributed by atoms with Gasteiger partial charge in [-0.3, -0.25) is 0 Å². The highest BCUT2D eigenvalue weighted by atomic mass is 16.5. The molecule has 0 aliphatic rings. The number of methoxy groups -OCH3 is 1. The monoisotopic (exact) mass is 197 g/mol. The first kappa shape index (κ1) is 11.3. The molecule has 0 fully saturated rings. The van der Waals surface area contributed by atoms with Crippen LogP contribution in [-0.4, -0.2) is 19.8 Å². The highest BCUT2D eigenvalue weighted by Crippen LogP contribution is 2.00. The van der Waals surface area contributed by atoms with Gasteiger partial charge in [-0.2, -0.15) is 0 Å². The van der Waals surface area contributed by atoms with Crippen LogP contribution in [0.1, 0.15) is 25.5 Å². The summed E-state index contributed by atoms with van der Waals surface area (Å²) in [4.78, 5) is 0. The Balaban J connectivity index is 1.95. The van der Waals surface area contributed by atoms with Crippen LogP contribution in [0.25, 0.3) is 0 Å². The number of hydrogen-bond acceptors (Lipinski definition) is 3. The second-order valence-electron chi connectivity index (χ2n) is 3.44. The van der Waals surface area contributed by atoms with Gasteiger partial charge in [0.15, 0.2) is 0 Å². The highest BCUT2D eigenvalue weighted by molar-refractivity contribution is 4.97. The maximum Gasteiger partial charge on any atom is 0.117 e. The molecule has 0 bridgehead atoms. The lowest BCUT2D eigenvalue weighted by molar-refractivity contribution is 0.109. The predicted molar refractivity (Wildman–Crippen MR) is 56.1 cm³/mol. The smallest absolute Gasteiger partial charge is 0.117 e. The van der Waals surface area contributed by atoms with E-state index in [1.165, 1.54) is 0 Å². The zero-order valence-corrected chi connectivity index (χ0v) is 8.95. The standard InChI is InChI=1S/C11H19NO2/c1-10(13-2)5-3-7-12-9-11-6-4-8-14-11/h4,6,8,10,12H,3,5,7,9H2,1-2H3. The van der Waals surface area contributed by atoms with Crippen molar-refractivity contribution in [3.63, 3.8) is 0 Å². The van der Waals surface area contributed by atoms with E-state index in [0.29, 0.717) is 6.10 Å².